The zero-order valence-corrected chi connectivity index (χ0v) is 12.7. The van der Waals surface area contributed by atoms with Crippen LogP contribution < -0.4 is 4.90 Å². The second kappa shape index (κ2) is 6.59. The first-order valence-corrected chi connectivity index (χ1v) is 7.07. The molecule has 1 aromatic carbocycles. The third kappa shape index (κ3) is 3.73. The first-order chi connectivity index (χ1) is 9.99. The Morgan fingerprint density at radius 3 is 2.48 bits per heavy atom. The van der Waals surface area contributed by atoms with Gasteiger partial charge in [0.2, 0.25) is 0 Å². The number of rotatable bonds is 5. The maximum Gasteiger partial charge on any atom is 0.339 e. The Morgan fingerprint density at radius 1 is 1.24 bits per heavy atom. The zero-order valence-electron chi connectivity index (χ0n) is 12.0. The summed E-state index contributed by atoms with van der Waals surface area (Å²) in [5, 5.41) is 9.63. The molecule has 0 aliphatic rings. The van der Waals surface area contributed by atoms with Gasteiger partial charge in [-0.2, -0.15) is 0 Å². The van der Waals surface area contributed by atoms with E-state index >= 15 is 0 Å². The van der Waals surface area contributed by atoms with Crippen LogP contribution in [0.2, 0.25) is 5.15 Å². The topological polar surface area (TPSA) is 53.4 Å². The molecule has 5 heteroatoms. The van der Waals surface area contributed by atoms with Crippen molar-refractivity contribution in [1.29, 1.82) is 0 Å². The molecule has 0 fully saturated rings. The van der Waals surface area contributed by atoms with Crippen LogP contribution in [-0.4, -0.2) is 22.1 Å². The van der Waals surface area contributed by atoms with Crippen LogP contribution in [0, 0.1) is 0 Å². The average molecular weight is 305 g/mol. The summed E-state index contributed by atoms with van der Waals surface area (Å²) in [5.41, 5.74) is 1.24. The van der Waals surface area contributed by atoms with E-state index < -0.39 is 5.97 Å². The number of hydrogen-bond donors (Lipinski definition) is 1. The minimum atomic E-state index is -1.01. The monoisotopic (exact) mass is 304 g/mol. The molecular weight excluding hydrogens is 288 g/mol. The molecule has 0 unspecified atom stereocenters. The van der Waals surface area contributed by atoms with E-state index in [9.17, 15) is 9.90 Å². The van der Waals surface area contributed by atoms with Gasteiger partial charge in [-0.05, 0) is 31.5 Å². The molecule has 2 aromatic rings. The summed E-state index contributed by atoms with van der Waals surface area (Å²) >= 11 is 5.94. The molecule has 0 saturated heterocycles. The van der Waals surface area contributed by atoms with Crippen molar-refractivity contribution in [1.82, 2.24) is 4.98 Å². The lowest BCUT2D eigenvalue weighted by molar-refractivity contribution is 0.0697. The molecule has 1 N–H and O–H groups in total. The maximum atomic E-state index is 11.4. The number of halogens is 1. The van der Waals surface area contributed by atoms with Crippen molar-refractivity contribution >= 4 is 23.4 Å². The number of carbonyl (C=O) groups is 1. The van der Waals surface area contributed by atoms with E-state index in [1.165, 1.54) is 12.1 Å². The zero-order chi connectivity index (χ0) is 15.4. The van der Waals surface area contributed by atoms with E-state index in [-0.39, 0.29) is 16.8 Å². The van der Waals surface area contributed by atoms with Crippen molar-refractivity contribution < 1.29 is 9.90 Å². The third-order valence-corrected chi connectivity index (χ3v) is 3.37. The van der Waals surface area contributed by atoms with Crippen molar-refractivity contribution in [3.8, 4) is 0 Å². The first kappa shape index (κ1) is 15.3. The number of nitrogens with zero attached hydrogens (tertiary/aromatic N) is 2. The second-order valence-electron chi connectivity index (χ2n) is 5.02. The smallest absolute Gasteiger partial charge is 0.339 e. The van der Waals surface area contributed by atoms with E-state index in [4.69, 9.17) is 11.6 Å². The van der Waals surface area contributed by atoms with Gasteiger partial charge < -0.3 is 10.0 Å². The molecule has 1 aromatic heterocycles. The molecule has 0 atom stereocenters. The van der Waals surface area contributed by atoms with Crippen LogP contribution in [0.3, 0.4) is 0 Å². The summed E-state index contributed by atoms with van der Waals surface area (Å²) in [6.45, 7) is 4.57. The van der Waals surface area contributed by atoms with Gasteiger partial charge >= 0.3 is 5.97 Å². The third-order valence-electron chi connectivity index (χ3n) is 3.16. The van der Waals surface area contributed by atoms with Gasteiger partial charge in [0.25, 0.3) is 0 Å². The normalized spacial score (nSPS) is 10.7. The number of hydrogen-bond acceptors (Lipinski definition) is 3. The molecule has 4 nitrogen and oxygen atoms in total. The molecule has 2 rings (SSSR count). The first-order valence-electron chi connectivity index (χ1n) is 6.69. The molecule has 0 bridgehead atoms. The number of anilines is 1. The lowest BCUT2D eigenvalue weighted by Crippen LogP contribution is -2.32. The van der Waals surface area contributed by atoms with Gasteiger partial charge in [-0.15, -0.1) is 0 Å². The van der Waals surface area contributed by atoms with Crippen molar-refractivity contribution in [2.45, 2.75) is 26.4 Å². The van der Waals surface area contributed by atoms with Crippen LogP contribution in [0.1, 0.15) is 29.8 Å². The Balaban J connectivity index is 2.43. The summed E-state index contributed by atoms with van der Waals surface area (Å²) < 4.78 is 0. The summed E-state index contributed by atoms with van der Waals surface area (Å²) in [5.74, 6) is -0.610. The molecule has 21 heavy (non-hydrogen) atoms. The fourth-order valence-corrected chi connectivity index (χ4v) is 2.24. The van der Waals surface area contributed by atoms with Gasteiger partial charge in [0.05, 0.1) is 0 Å². The molecule has 0 spiro atoms. The molecule has 110 valence electrons. The Hall–Kier alpha value is -2.07. The summed E-state index contributed by atoms with van der Waals surface area (Å²) in [4.78, 5) is 17.6. The fourth-order valence-electron chi connectivity index (χ4n) is 2.09. The van der Waals surface area contributed by atoms with Gasteiger partial charge in [0.1, 0.15) is 16.5 Å². The lowest BCUT2D eigenvalue weighted by Gasteiger charge is -2.29. The Labute approximate surface area is 129 Å². The highest BCUT2D eigenvalue weighted by molar-refractivity contribution is 6.29. The van der Waals surface area contributed by atoms with Crippen molar-refractivity contribution in [3.05, 3.63) is 58.7 Å². The van der Waals surface area contributed by atoms with Gasteiger partial charge in [-0.3, -0.25) is 0 Å². The Bertz CT molecular complexity index is 629. The van der Waals surface area contributed by atoms with E-state index in [1.54, 1.807) is 0 Å². The number of carboxylic acids is 1. The van der Waals surface area contributed by atoms with Crippen LogP contribution in [0.25, 0.3) is 0 Å². The summed E-state index contributed by atoms with van der Waals surface area (Å²) in [6, 6.07) is 12.9. The molecule has 0 amide bonds. The molecule has 0 radical (unpaired) electrons. The molecule has 0 saturated carbocycles. The second-order valence-corrected chi connectivity index (χ2v) is 5.40. The predicted octanol–water partition coefficient (Wildman–Crippen LogP) is 3.85. The number of benzene rings is 1. The van der Waals surface area contributed by atoms with Gasteiger partial charge in [-0.25, -0.2) is 9.78 Å². The highest BCUT2D eigenvalue weighted by Gasteiger charge is 2.20. The number of aromatic nitrogens is 1. The van der Waals surface area contributed by atoms with Crippen LogP contribution >= 0.6 is 11.6 Å². The van der Waals surface area contributed by atoms with Crippen molar-refractivity contribution in [2.24, 2.45) is 0 Å². The van der Waals surface area contributed by atoms with Crippen LogP contribution in [-0.2, 0) is 6.54 Å². The largest absolute Gasteiger partial charge is 0.478 e. The highest BCUT2D eigenvalue weighted by Crippen LogP contribution is 2.24. The summed E-state index contributed by atoms with van der Waals surface area (Å²) in [6.07, 6.45) is 0. The van der Waals surface area contributed by atoms with E-state index in [0.29, 0.717) is 12.4 Å². The van der Waals surface area contributed by atoms with Crippen molar-refractivity contribution in [3.63, 3.8) is 0 Å². The fraction of sp³-hybridized carbons (Fsp3) is 0.250. The van der Waals surface area contributed by atoms with Crippen LogP contribution in [0.4, 0.5) is 5.82 Å². The van der Waals surface area contributed by atoms with Gasteiger partial charge in [0, 0.05) is 12.6 Å². The van der Waals surface area contributed by atoms with Gasteiger partial charge in [0.15, 0.2) is 0 Å². The van der Waals surface area contributed by atoms with Crippen LogP contribution in [0.5, 0.6) is 0 Å². The quantitative estimate of drug-likeness (QED) is 0.853. The van der Waals surface area contributed by atoms with E-state index in [2.05, 4.69) is 4.98 Å². The lowest BCUT2D eigenvalue weighted by atomic mass is 10.1. The number of aromatic carboxylic acids is 1. The predicted molar refractivity (Wildman–Crippen MR) is 84.0 cm³/mol. The minimum Gasteiger partial charge on any atom is -0.478 e. The minimum absolute atomic E-state index is 0.0919. The molecule has 0 aliphatic carbocycles. The highest BCUT2D eigenvalue weighted by atomic mass is 35.5. The standard InChI is InChI=1S/C16H17ClN2O2/c1-11(2)19(10-12-6-4-3-5-7-12)15-13(16(20)21)8-9-14(17)18-15/h3-9,11H,10H2,1-2H3,(H,20,21). The van der Waals surface area contributed by atoms with E-state index in [0.717, 1.165) is 5.56 Å². The number of carboxylic acid groups (broad SMARTS) is 1. The van der Waals surface area contributed by atoms with Gasteiger partial charge in [-0.1, -0.05) is 41.9 Å². The van der Waals surface area contributed by atoms with E-state index in [1.807, 2.05) is 49.1 Å². The Morgan fingerprint density at radius 2 is 1.90 bits per heavy atom. The molecule has 0 aliphatic heterocycles. The Kier molecular flexibility index (Phi) is 4.81. The molecule has 1 heterocycles. The SMILES string of the molecule is CC(C)N(Cc1ccccc1)c1nc(Cl)ccc1C(=O)O. The van der Waals surface area contributed by atoms with Crippen LogP contribution in [0.15, 0.2) is 42.5 Å². The number of pyridine rings is 1. The maximum absolute atomic E-state index is 11.4. The average Bonchev–Trinajstić information content (AvgIpc) is 2.45. The summed E-state index contributed by atoms with van der Waals surface area (Å²) in [7, 11) is 0. The van der Waals surface area contributed by atoms with Crippen molar-refractivity contribution in [2.75, 3.05) is 4.90 Å². The molecular formula is C16H17ClN2O2.